The molecule has 0 aromatic heterocycles. The summed E-state index contributed by atoms with van der Waals surface area (Å²) >= 11 is 6.00. The van der Waals surface area contributed by atoms with Gasteiger partial charge in [0, 0.05) is 36.8 Å². The second-order valence-corrected chi connectivity index (χ2v) is 8.84. The van der Waals surface area contributed by atoms with Crippen molar-refractivity contribution in [2.24, 2.45) is 0 Å². The maximum atomic E-state index is 14.0. The zero-order valence-corrected chi connectivity index (χ0v) is 17.9. The smallest absolute Gasteiger partial charge is 0.279 e. The Morgan fingerprint density at radius 1 is 1.18 bits per heavy atom. The van der Waals surface area contributed by atoms with Gasteiger partial charge in [-0.15, -0.1) is 0 Å². The summed E-state index contributed by atoms with van der Waals surface area (Å²) in [4.78, 5) is 1.91. The van der Waals surface area contributed by atoms with E-state index in [9.17, 15) is 12.8 Å². The summed E-state index contributed by atoms with van der Waals surface area (Å²) < 4.78 is 48.1. The van der Waals surface area contributed by atoms with Crippen molar-refractivity contribution in [1.29, 1.82) is 0 Å². The van der Waals surface area contributed by atoms with Crippen LogP contribution in [0.2, 0.25) is 5.02 Å². The lowest BCUT2D eigenvalue weighted by Crippen LogP contribution is -2.42. The van der Waals surface area contributed by atoms with Crippen molar-refractivity contribution < 1.29 is 17.5 Å². The van der Waals surface area contributed by atoms with E-state index in [4.69, 9.17) is 16.3 Å². The second kappa shape index (κ2) is 9.67. The van der Waals surface area contributed by atoms with Gasteiger partial charge in [-0.1, -0.05) is 29.8 Å². The molecule has 0 aliphatic rings. The highest BCUT2D eigenvalue weighted by atomic mass is 35.5. The van der Waals surface area contributed by atoms with Crippen LogP contribution < -0.4 is 9.46 Å². The third-order valence-electron chi connectivity index (χ3n) is 4.41. The number of benzene rings is 2. The minimum atomic E-state index is -3.84. The first-order chi connectivity index (χ1) is 13.2. The van der Waals surface area contributed by atoms with E-state index in [0.717, 1.165) is 9.87 Å². The Labute approximate surface area is 171 Å². The van der Waals surface area contributed by atoms with Crippen LogP contribution in [0.4, 0.5) is 4.39 Å². The van der Waals surface area contributed by atoms with E-state index in [1.165, 1.54) is 25.2 Å². The summed E-state index contributed by atoms with van der Waals surface area (Å²) in [5.41, 5.74) is 1.04. The molecule has 0 aliphatic heterocycles. The van der Waals surface area contributed by atoms with Gasteiger partial charge in [0.15, 0.2) is 0 Å². The Morgan fingerprint density at radius 3 is 2.46 bits per heavy atom. The fourth-order valence-corrected chi connectivity index (χ4v) is 3.84. The van der Waals surface area contributed by atoms with E-state index in [1.807, 2.05) is 43.3 Å². The van der Waals surface area contributed by atoms with Gasteiger partial charge in [0.1, 0.15) is 11.6 Å². The average molecular weight is 430 g/mol. The molecule has 0 radical (unpaired) electrons. The topological polar surface area (TPSA) is 61.9 Å². The van der Waals surface area contributed by atoms with Gasteiger partial charge in [-0.3, -0.25) is 0 Å². The molecule has 0 spiro atoms. The van der Waals surface area contributed by atoms with Crippen LogP contribution in [0.1, 0.15) is 17.2 Å². The number of halogens is 2. The lowest BCUT2D eigenvalue weighted by Gasteiger charge is -2.27. The van der Waals surface area contributed by atoms with E-state index in [-0.39, 0.29) is 29.7 Å². The number of hydrogen-bond donors (Lipinski definition) is 1. The first-order valence-electron chi connectivity index (χ1n) is 8.60. The molecular weight excluding hydrogens is 405 g/mol. The summed E-state index contributed by atoms with van der Waals surface area (Å²) in [5, 5.41) is 0.185. The number of likely N-dealkylation sites (N-methyl/N-ethyl adjacent to an activating group) is 1. The van der Waals surface area contributed by atoms with Gasteiger partial charge in [0.2, 0.25) is 0 Å². The summed E-state index contributed by atoms with van der Waals surface area (Å²) in [7, 11) is 2.84. The average Bonchev–Trinajstić information content (AvgIpc) is 2.64. The molecule has 6 nitrogen and oxygen atoms in total. The quantitative estimate of drug-likeness (QED) is 0.665. The van der Waals surface area contributed by atoms with Crippen molar-refractivity contribution in [3.05, 3.63) is 64.4 Å². The summed E-state index contributed by atoms with van der Waals surface area (Å²) in [6.07, 6.45) is 0. The molecule has 9 heteroatoms. The molecule has 1 unspecified atom stereocenters. The molecular formula is C19H25ClFN3O3S. The minimum Gasteiger partial charge on any atom is -0.497 e. The molecule has 0 aliphatic carbocycles. The lowest BCUT2D eigenvalue weighted by atomic mass is 10.1. The van der Waals surface area contributed by atoms with E-state index < -0.39 is 16.0 Å². The van der Waals surface area contributed by atoms with Crippen LogP contribution in [-0.4, -0.2) is 52.4 Å². The standard InChI is InChI=1S/C19H25ClFN3O3S/c1-23(2)19(14-7-5-8-15(11-14)27-4)12-22-28(25,26)24(3)13-16-17(20)9-6-10-18(16)21/h5-11,19,22H,12-13H2,1-4H3. The highest BCUT2D eigenvalue weighted by molar-refractivity contribution is 7.87. The molecule has 2 aromatic rings. The highest BCUT2D eigenvalue weighted by Crippen LogP contribution is 2.23. The van der Waals surface area contributed by atoms with Crippen LogP contribution in [0.25, 0.3) is 0 Å². The predicted molar refractivity (Wildman–Crippen MR) is 109 cm³/mol. The fraction of sp³-hybridized carbons (Fsp3) is 0.368. The minimum absolute atomic E-state index is 0.133. The number of rotatable bonds is 9. The van der Waals surface area contributed by atoms with Crippen molar-refractivity contribution >= 4 is 21.8 Å². The number of nitrogens with one attached hydrogen (secondary N) is 1. The van der Waals surface area contributed by atoms with Gasteiger partial charge in [-0.2, -0.15) is 12.7 Å². The third kappa shape index (κ3) is 5.65. The molecule has 1 N–H and O–H groups in total. The predicted octanol–water partition coefficient (Wildman–Crippen LogP) is 3.06. The first-order valence-corrected chi connectivity index (χ1v) is 10.4. The second-order valence-electron chi connectivity index (χ2n) is 6.57. The normalized spacial score (nSPS) is 13.1. The van der Waals surface area contributed by atoms with Crippen molar-refractivity contribution in [2.75, 3.05) is 34.8 Å². The molecule has 0 saturated heterocycles. The van der Waals surface area contributed by atoms with Crippen LogP contribution in [0.5, 0.6) is 5.75 Å². The summed E-state index contributed by atoms with van der Waals surface area (Å²) in [6.45, 7) is -0.0372. The molecule has 0 bridgehead atoms. The van der Waals surface area contributed by atoms with E-state index in [2.05, 4.69) is 4.72 Å². The molecule has 2 aromatic carbocycles. The first kappa shape index (κ1) is 22.6. The molecule has 28 heavy (non-hydrogen) atoms. The van der Waals surface area contributed by atoms with Crippen molar-refractivity contribution in [2.45, 2.75) is 12.6 Å². The largest absolute Gasteiger partial charge is 0.497 e. The van der Waals surface area contributed by atoms with Crippen LogP contribution in [-0.2, 0) is 16.8 Å². The van der Waals surface area contributed by atoms with Gasteiger partial charge in [-0.05, 0) is 43.9 Å². The van der Waals surface area contributed by atoms with Crippen molar-refractivity contribution in [3.63, 3.8) is 0 Å². The number of methoxy groups -OCH3 is 1. The van der Waals surface area contributed by atoms with Crippen LogP contribution in [0.15, 0.2) is 42.5 Å². The van der Waals surface area contributed by atoms with Crippen LogP contribution in [0.3, 0.4) is 0 Å². The molecule has 0 heterocycles. The third-order valence-corrected chi connectivity index (χ3v) is 6.25. The van der Waals surface area contributed by atoms with Gasteiger partial charge in [-0.25, -0.2) is 9.11 Å². The Bertz CT molecular complexity index is 889. The van der Waals surface area contributed by atoms with Gasteiger partial charge in [0.25, 0.3) is 10.2 Å². The maximum Gasteiger partial charge on any atom is 0.279 e. The van der Waals surface area contributed by atoms with Gasteiger partial charge >= 0.3 is 0 Å². The van der Waals surface area contributed by atoms with Gasteiger partial charge < -0.3 is 9.64 Å². The van der Waals surface area contributed by atoms with Crippen molar-refractivity contribution in [1.82, 2.24) is 13.9 Å². The molecule has 0 saturated carbocycles. The molecule has 0 fully saturated rings. The summed E-state index contributed by atoms with van der Waals surface area (Å²) in [5.74, 6) is 0.149. The zero-order valence-electron chi connectivity index (χ0n) is 16.3. The Hall–Kier alpha value is -1.71. The molecule has 1 atom stereocenters. The van der Waals surface area contributed by atoms with Gasteiger partial charge in [0.05, 0.1) is 7.11 Å². The van der Waals surface area contributed by atoms with Crippen LogP contribution in [0, 0.1) is 5.82 Å². The monoisotopic (exact) mass is 429 g/mol. The van der Waals surface area contributed by atoms with E-state index in [0.29, 0.717) is 5.75 Å². The maximum absolute atomic E-state index is 14.0. The summed E-state index contributed by atoms with van der Waals surface area (Å²) in [6, 6.07) is 11.5. The van der Waals surface area contributed by atoms with E-state index >= 15 is 0 Å². The molecule has 2 rings (SSSR count). The Balaban J connectivity index is 2.13. The highest BCUT2D eigenvalue weighted by Gasteiger charge is 2.23. The Morgan fingerprint density at radius 2 is 1.86 bits per heavy atom. The molecule has 0 amide bonds. The Kier molecular flexibility index (Phi) is 7.79. The molecule has 154 valence electrons. The zero-order chi connectivity index (χ0) is 20.9. The van der Waals surface area contributed by atoms with Crippen LogP contribution >= 0.6 is 11.6 Å². The number of ether oxygens (including phenoxy) is 1. The van der Waals surface area contributed by atoms with E-state index in [1.54, 1.807) is 7.11 Å². The number of nitrogens with zero attached hydrogens (tertiary/aromatic N) is 2. The van der Waals surface area contributed by atoms with Crippen molar-refractivity contribution in [3.8, 4) is 5.75 Å². The SMILES string of the molecule is COc1cccc(C(CNS(=O)(=O)N(C)Cc2c(F)cccc2Cl)N(C)C)c1. The lowest BCUT2D eigenvalue weighted by molar-refractivity contribution is 0.296. The number of hydrogen-bond acceptors (Lipinski definition) is 4. The fourth-order valence-electron chi connectivity index (χ4n) is 2.73.